The normalized spacial score (nSPS) is 23.4. The van der Waals surface area contributed by atoms with Gasteiger partial charge in [0, 0.05) is 6.42 Å². The second-order valence-electron chi connectivity index (χ2n) is 5.56. The van der Waals surface area contributed by atoms with E-state index in [0.29, 0.717) is 31.0 Å². The molecule has 0 atom stereocenters. The number of ether oxygens (including phenoxy) is 2. The van der Waals surface area contributed by atoms with Gasteiger partial charge in [-0.1, -0.05) is 13.8 Å². The fraction of sp³-hybridized carbons (Fsp3) is 0.800. The van der Waals surface area contributed by atoms with Crippen LogP contribution < -0.4 is 0 Å². The third-order valence-electron chi connectivity index (χ3n) is 3.34. The molecule has 1 aliphatic rings. The van der Waals surface area contributed by atoms with Crippen LogP contribution in [0.4, 0.5) is 4.79 Å². The van der Waals surface area contributed by atoms with Gasteiger partial charge in [-0.25, -0.2) is 4.79 Å². The van der Waals surface area contributed by atoms with Crippen LogP contribution in [0, 0.1) is 30.1 Å². The maximum Gasteiger partial charge on any atom is 0.508 e. The van der Waals surface area contributed by atoms with E-state index in [2.05, 4.69) is 5.92 Å². The largest absolute Gasteiger partial charge is 0.508 e. The van der Waals surface area contributed by atoms with E-state index in [1.165, 1.54) is 0 Å². The van der Waals surface area contributed by atoms with E-state index in [1.807, 2.05) is 13.8 Å². The van der Waals surface area contributed by atoms with Gasteiger partial charge in [0.15, 0.2) is 0 Å². The first-order valence-corrected chi connectivity index (χ1v) is 6.84. The summed E-state index contributed by atoms with van der Waals surface area (Å²) >= 11 is 0. The van der Waals surface area contributed by atoms with Crippen LogP contribution in [-0.2, 0) is 9.47 Å². The zero-order chi connectivity index (χ0) is 13.4. The van der Waals surface area contributed by atoms with Crippen LogP contribution in [0.3, 0.4) is 0 Å². The van der Waals surface area contributed by atoms with Crippen molar-refractivity contribution in [1.82, 2.24) is 0 Å². The summed E-state index contributed by atoms with van der Waals surface area (Å²) in [6.45, 7) is 4.91. The van der Waals surface area contributed by atoms with E-state index in [1.54, 1.807) is 0 Å². The topological polar surface area (TPSA) is 35.5 Å². The molecule has 0 aromatic rings. The molecule has 0 aromatic carbocycles. The Morgan fingerprint density at radius 2 is 1.83 bits per heavy atom. The lowest BCUT2D eigenvalue weighted by atomic mass is 9.81. The van der Waals surface area contributed by atoms with Gasteiger partial charge in [0.1, 0.15) is 0 Å². The monoisotopic (exact) mass is 252 g/mol. The van der Waals surface area contributed by atoms with E-state index in [0.717, 1.165) is 32.1 Å². The van der Waals surface area contributed by atoms with Gasteiger partial charge in [-0.3, -0.25) is 0 Å². The molecule has 0 radical (unpaired) electrons. The molecule has 0 bridgehead atoms. The summed E-state index contributed by atoms with van der Waals surface area (Å²) in [4.78, 5) is 11.3. The summed E-state index contributed by atoms with van der Waals surface area (Å²) in [5.74, 6) is 4.21. The van der Waals surface area contributed by atoms with Gasteiger partial charge in [0.25, 0.3) is 0 Å². The van der Waals surface area contributed by atoms with E-state index in [-0.39, 0.29) is 0 Å². The maximum absolute atomic E-state index is 11.3. The van der Waals surface area contributed by atoms with Crippen LogP contribution in [0.1, 0.15) is 46.0 Å². The van der Waals surface area contributed by atoms with Crippen molar-refractivity contribution < 1.29 is 14.3 Å². The van der Waals surface area contributed by atoms with Crippen LogP contribution in [-0.4, -0.2) is 19.4 Å². The van der Waals surface area contributed by atoms with Crippen LogP contribution in [0.5, 0.6) is 0 Å². The van der Waals surface area contributed by atoms with E-state index >= 15 is 0 Å². The molecule has 0 amide bonds. The third kappa shape index (κ3) is 5.95. The van der Waals surface area contributed by atoms with E-state index in [4.69, 9.17) is 15.9 Å². The highest BCUT2D eigenvalue weighted by molar-refractivity contribution is 5.59. The Hall–Kier alpha value is -1.17. The fourth-order valence-electron chi connectivity index (χ4n) is 2.23. The smallest absolute Gasteiger partial charge is 0.434 e. The molecule has 3 heteroatoms. The summed E-state index contributed by atoms with van der Waals surface area (Å²) in [6.07, 6.45) is 10.2. The molecular formula is C15H24O3. The molecule has 0 aromatic heterocycles. The molecule has 18 heavy (non-hydrogen) atoms. The Bertz CT molecular complexity index is 283. The summed E-state index contributed by atoms with van der Waals surface area (Å²) < 4.78 is 10.1. The van der Waals surface area contributed by atoms with Gasteiger partial charge >= 0.3 is 6.16 Å². The molecule has 0 heterocycles. The van der Waals surface area contributed by atoms with Crippen molar-refractivity contribution in [2.24, 2.45) is 17.8 Å². The first kappa shape index (κ1) is 14.9. The van der Waals surface area contributed by atoms with Crippen LogP contribution >= 0.6 is 0 Å². The Balaban J connectivity index is 2.10. The minimum absolute atomic E-state index is 0.344. The Kier molecular flexibility index (Phi) is 6.64. The lowest BCUT2D eigenvalue weighted by Crippen LogP contribution is -2.21. The van der Waals surface area contributed by atoms with Gasteiger partial charge in [0.05, 0.1) is 13.2 Å². The Morgan fingerprint density at radius 1 is 1.22 bits per heavy atom. The third-order valence-corrected chi connectivity index (χ3v) is 3.34. The molecule has 1 aliphatic carbocycles. The summed E-state index contributed by atoms with van der Waals surface area (Å²) in [5.41, 5.74) is 0. The van der Waals surface area contributed by atoms with Gasteiger partial charge in [-0.05, 0) is 43.4 Å². The maximum atomic E-state index is 11.3. The van der Waals surface area contributed by atoms with Gasteiger partial charge in [0.2, 0.25) is 0 Å². The minimum atomic E-state index is -0.533. The molecule has 3 nitrogen and oxygen atoms in total. The lowest BCUT2D eigenvalue weighted by Gasteiger charge is -2.26. The second kappa shape index (κ2) is 8.02. The molecular weight excluding hydrogens is 228 g/mol. The second-order valence-corrected chi connectivity index (χ2v) is 5.56. The van der Waals surface area contributed by atoms with Gasteiger partial charge in [-0.2, -0.15) is 0 Å². The molecule has 0 saturated heterocycles. The number of hydrogen-bond donors (Lipinski definition) is 0. The van der Waals surface area contributed by atoms with Crippen molar-refractivity contribution in [1.29, 1.82) is 0 Å². The highest BCUT2D eigenvalue weighted by Gasteiger charge is 2.21. The van der Waals surface area contributed by atoms with Crippen molar-refractivity contribution in [3.8, 4) is 12.3 Å². The molecule has 1 fully saturated rings. The van der Waals surface area contributed by atoms with Crippen molar-refractivity contribution in [2.75, 3.05) is 13.2 Å². The predicted molar refractivity (Wildman–Crippen MR) is 71.0 cm³/mol. The standard InChI is InChI=1S/C15H24O3/c1-4-5-13-6-8-14(9-7-13)11-18-15(16)17-10-12(2)3/h1,12-14H,5-11H2,2-3H3. The van der Waals surface area contributed by atoms with Crippen LogP contribution in [0.15, 0.2) is 0 Å². The average Bonchev–Trinajstić information content (AvgIpc) is 2.36. The Morgan fingerprint density at radius 3 is 2.39 bits per heavy atom. The van der Waals surface area contributed by atoms with Crippen LogP contribution in [0.25, 0.3) is 0 Å². The molecule has 1 rings (SSSR count). The molecule has 0 spiro atoms. The van der Waals surface area contributed by atoms with Crippen molar-refractivity contribution in [3.63, 3.8) is 0 Å². The molecule has 1 saturated carbocycles. The summed E-state index contributed by atoms with van der Waals surface area (Å²) in [7, 11) is 0. The summed E-state index contributed by atoms with van der Waals surface area (Å²) in [6, 6.07) is 0. The van der Waals surface area contributed by atoms with E-state index in [9.17, 15) is 4.79 Å². The zero-order valence-electron chi connectivity index (χ0n) is 11.5. The average molecular weight is 252 g/mol. The van der Waals surface area contributed by atoms with Crippen molar-refractivity contribution in [2.45, 2.75) is 46.0 Å². The number of rotatable bonds is 5. The molecule has 0 N–H and O–H groups in total. The van der Waals surface area contributed by atoms with Gasteiger partial charge in [-0.15, -0.1) is 12.3 Å². The minimum Gasteiger partial charge on any atom is -0.434 e. The highest BCUT2D eigenvalue weighted by Crippen LogP contribution is 2.30. The Labute approximate surface area is 110 Å². The molecule has 102 valence electrons. The van der Waals surface area contributed by atoms with Crippen molar-refractivity contribution >= 4 is 6.16 Å². The molecule has 0 aliphatic heterocycles. The number of carbonyl (C=O) groups is 1. The van der Waals surface area contributed by atoms with Gasteiger partial charge < -0.3 is 9.47 Å². The van der Waals surface area contributed by atoms with Crippen LogP contribution in [0.2, 0.25) is 0 Å². The SMILES string of the molecule is C#CCC1CCC(COC(=O)OCC(C)C)CC1. The predicted octanol–water partition coefficient (Wildman–Crippen LogP) is 3.63. The number of carbonyl (C=O) groups excluding carboxylic acids is 1. The molecule has 0 unspecified atom stereocenters. The first-order chi connectivity index (χ1) is 8.61. The first-order valence-electron chi connectivity index (χ1n) is 6.84. The summed E-state index contributed by atoms with van der Waals surface area (Å²) in [5, 5.41) is 0. The lowest BCUT2D eigenvalue weighted by molar-refractivity contribution is 0.0314. The quantitative estimate of drug-likeness (QED) is 0.553. The zero-order valence-corrected chi connectivity index (χ0v) is 11.5. The fourth-order valence-corrected chi connectivity index (χ4v) is 2.23. The number of hydrogen-bond acceptors (Lipinski definition) is 3. The van der Waals surface area contributed by atoms with E-state index < -0.39 is 6.16 Å². The van der Waals surface area contributed by atoms with Crippen molar-refractivity contribution in [3.05, 3.63) is 0 Å². The highest BCUT2D eigenvalue weighted by atomic mass is 16.7. The number of terminal acetylenes is 1.